The van der Waals surface area contributed by atoms with Crippen LogP contribution in [0.25, 0.3) is 0 Å². The third kappa shape index (κ3) is 2.62. The van der Waals surface area contributed by atoms with Crippen molar-refractivity contribution in [3.63, 3.8) is 0 Å². The van der Waals surface area contributed by atoms with E-state index >= 15 is 0 Å². The average molecular weight is 271 g/mol. The molecular weight excluding hydrogens is 251 g/mol. The molecule has 1 saturated heterocycles. The first-order chi connectivity index (χ1) is 8.14. The summed E-state index contributed by atoms with van der Waals surface area (Å²) in [7, 11) is 0. The van der Waals surface area contributed by atoms with Gasteiger partial charge in [-0.1, -0.05) is 18.2 Å². The number of anilines is 1. The molecule has 0 bridgehead atoms. The minimum absolute atomic E-state index is 0. The van der Waals surface area contributed by atoms with Gasteiger partial charge in [0, 0.05) is 31.9 Å². The summed E-state index contributed by atoms with van der Waals surface area (Å²) in [5.74, 6) is 0. The first kappa shape index (κ1) is 13.6. The van der Waals surface area contributed by atoms with Crippen molar-refractivity contribution in [2.24, 2.45) is 0 Å². The second kappa shape index (κ2) is 5.06. The molecule has 0 aliphatic carbocycles. The molecule has 1 fully saturated rings. The summed E-state index contributed by atoms with van der Waals surface area (Å²) in [5.41, 5.74) is 3.02. The van der Waals surface area contributed by atoms with Crippen LogP contribution in [0.3, 0.4) is 0 Å². The Balaban J connectivity index is 0.00000120. The molecular formula is C14H20ClFN2. The Morgan fingerprint density at radius 2 is 2.28 bits per heavy atom. The average Bonchev–Trinajstić information content (AvgIpc) is 2.85. The van der Waals surface area contributed by atoms with Crippen molar-refractivity contribution in [3.8, 4) is 0 Å². The monoisotopic (exact) mass is 270 g/mol. The smallest absolute Gasteiger partial charge is 0.122 e. The SMILES string of the molecule is CC1(F)CCN(Cc2cccc3c2NCC3)C1.Cl. The molecule has 1 N–H and O–H groups in total. The van der Waals surface area contributed by atoms with Crippen molar-refractivity contribution in [2.75, 3.05) is 25.0 Å². The molecule has 2 nitrogen and oxygen atoms in total. The molecule has 0 saturated carbocycles. The van der Waals surface area contributed by atoms with Gasteiger partial charge in [0.05, 0.1) is 0 Å². The first-order valence-corrected chi connectivity index (χ1v) is 6.40. The first-order valence-electron chi connectivity index (χ1n) is 6.40. The van der Waals surface area contributed by atoms with Crippen molar-refractivity contribution in [3.05, 3.63) is 29.3 Å². The van der Waals surface area contributed by atoms with E-state index in [0.29, 0.717) is 13.0 Å². The van der Waals surface area contributed by atoms with Gasteiger partial charge >= 0.3 is 0 Å². The van der Waals surface area contributed by atoms with Crippen LogP contribution in [0.2, 0.25) is 0 Å². The van der Waals surface area contributed by atoms with E-state index in [2.05, 4.69) is 28.4 Å². The molecule has 1 aromatic carbocycles. The van der Waals surface area contributed by atoms with Crippen LogP contribution in [0.5, 0.6) is 0 Å². The molecule has 1 aromatic rings. The molecule has 0 spiro atoms. The van der Waals surface area contributed by atoms with E-state index in [1.807, 2.05) is 0 Å². The van der Waals surface area contributed by atoms with E-state index in [9.17, 15) is 4.39 Å². The van der Waals surface area contributed by atoms with Gasteiger partial charge in [-0.25, -0.2) is 4.39 Å². The zero-order chi connectivity index (χ0) is 11.9. The van der Waals surface area contributed by atoms with Crippen molar-refractivity contribution >= 4 is 18.1 Å². The number of fused-ring (bicyclic) bond motifs is 1. The number of para-hydroxylation sites is 1. The molecule has 0 aromatic heterocycles. The van der Waals surface area contributed by atoms with Crippen molar-refractivity contribution in [2.45, 2.75) is 32.0 Å². The lowest BCUT2D eigenvalue weighted by Crippen LogP contribution is -2.26. The summed E-state index contributed by atoms with van der Waals surface area (Å²) in [6.07, 6.45) is 1.78. The predicted molar refractivity (Wildman–Crippen MR) is 75.3 cm³/mol. The fourth-order valence-corrected chi connectivity index (χ4v) is 2.93. The Hall–Kier alpha value is -0.800. The van der Waals surface area contributed by atoms with Crippen LogP contribution in [-0.4, -0.2) is 30.2 Å². The number of nitrogens with one attached hydrogen (secondary N) is 1. The van der Waals surface area contributed by atoms with Crippen molar-refractivity contribution < 1.29 is 4.39 Å². The van der Waals surface area contributed by atoms with Crippen LogP contribution in [-0.2, 0) is 13.0 Å². The fourth-order valence-electron chi connectivity index (χ4n) is 2.93. The Kier molecular flexibility index (Phi) is 3.83. The van der Waals surface area contributed by atoms with Gasteiger partial charge in [0.2, 0.25) is 0 Å². The lowest BCUT2D eigenvalue weighted by Gasteiger charge is -2.19. The zero-order valence-electron chi connectivity index (χ0n) is 10.7. The summed E-state index contributed by atoms with van der Waals surface area (Å²) in [5, 5.41) is 3.44. The maximum atomic E-state index is 13.8. The Morgan fingerprint density at radius 1 is 1.44 bits per heavy atom. The molecule has 3 rings (SSSR count). The van der Waals surface area contributed by atoms with Crippen LogP contribution in [0.15, 0.2) is 18.2 Å². The summed E-state index contributed by atoms with van der Waals surface area (Å²) in [6.45, 7) is 5.05. The number of hydrogen-bond donors (Lipinski definition) is 1. The van der Waals surface area contributed by atoms with Crippen LogP contribution >= 0.6 is 12.4 Å². The minimum Gasteiger partial charge on any atom is -0.384 e. The van der Waals surface area contributed by atoms with Gasteiger partial charge in [-0.2, -0.15) is 0 Å². The summed E-state index contributed by atoms with van der Waals surface area (Å²) in [6, 6.07) is 6.46. The van der Waals surface area contributed by atoms with E-state index in [-0.39, 0.29) is 12.4 Å². The lowest BCUT2D eigenvalue weighted by molar-refractivity contribution is 0.186. The van der Waals surface area contributed by atoms with Gasteiger partial charge in [0.15, 0.2) is 0 Å². The minimum atomic E-state index is -0.995. The Bertz CT molecular complexity index is 434. The number of benzene rings is 1. The third-order valence-electron chi connectivity index (χ3n) is 3.83. The van der Waals surface area contributed by atoms with E-state index < -0.39 is 5.67 Å². The van der Waals surface area contributed by atoms with Gasteiger partial charge < -0.3 is 5.32 Å². The van der Waals surface area contributed by atoms with Crippen LogP contribution < -0.4 is 5.32 Å². The molecule has 1 unspecified atom stereocenters. The molecule has 0 radical (unpaired) electrons. The normalized spacial score (nSPS) is 26.6. The topological polar surface area (TPSA) is 15.3 Å². The number of nitrogens with zero attached hydrogens (tertiary/aromatic N) is 1. The van der Waals surface area contributed by atoms with Crippen LogP contribution in [0, 0.1) is 0 Å². The molecule has 2 heterocycles. The van der Waals surface area contributed by atoms with Crippen LogP contribution in [0.1, 0.15) is 24.5 Å². The largest absolute Gasteiger partial charge is 0.384 e. The van der Waals surface area contributed by atoms with Crippen molar-refractivity contribution in [1.82, 2.24) is 4.90 Å². The van der Waals surface area contributed by atoms with Crippen molar-refractivity contribution in [1.29, 1.82) is 0 Å². The number of halogens is 2. The zero-order valence-corrected chi connectivity index (χ0v) is 11.5. The number of rotatable bonds is 2. The molecule has 2 aliphatic heterocycles. The number of likely N-dealkylation sites (tertiary alicyclic amines) is 1. The highest BCUT2D eigenvalue weighted by molar-refractivity contribution is 5.85. The highest BCUT2D eigenvalue weighted by atomic mass is 35.5. The highest BCUT2D eigenvalue weighted by Gasteiger charge is 2.33. The predicted octanol–water partition coefficient (Wildman–Crippen LogP) is 3.01. The molecule has 2 aliphatic rings. The quantitative estimate of drug-likeness (QED) is 0.889. The number of hydrogen-bond acceptors (Lipinski definition) is 2. The molecule has 0 amide bonds. The fraction of sp³-hybridized carbons (Fsp3) is 0.571. The number of alkyl halides is 1. The summed E-state index contributed by atoms with van der Waals surface area (Å²) < 4.78 is 13.8. The summed E-state index contributed by atoms with van der Waals surface area (Å²) >= 11 is 0. The standard InChI is InChI=1S/C14H19FN2.ClH/c1-14(15)6-8-17(10-14)9-12-4-2-3-11-5-7-16-13(11)12;/h2-4,16H,5-10H2,1H3;1H. The van der Waals surface area contributed by atoms with E-state index in [0.717, 1.165) is 26.1 Å². The molecule has 1 atom stereocenters. The van der Waals surface area contributed by atoms with Gasteiger partial charge in [-0.3, -0.25) is 4.90 Å². The molecule has 100 valence electrons. The lowest BCUT2D eigenvalue weighted by atomic mass is 10.1. The Morgan fingerprint density at radius 3 is 3.00 bits per heavy atom. The van der Waals surface area contributed by atoms with Gasteiger partial charge in [-0.05, 0) is 30.9 Å². The maximum Gasteiger partial charge on any atom is 0.122 e. The second-order valence-electron chi connectivity index (χ2n) is 5.50. The Labute approximate surface area is 114 Å². The second-order valence-corrected chi connectivity index (χ2v) is 5.50. The van der Waals surface area contributed by atoms with Gasteiger partial charge in [0.1, 0.15) is 5.67 Å². The van der Waals surface area contributed by atoms with Gasteiger partial charge in [0.25, 0.3) is 0 Å². The van der Waals surface area contributed by atoms with E-state index in [4.69, 9.17) is 0 Å². The van der Waals surface area contributed by atoms with E-state index in [1.54, 1.807) is 6.92 Å². The summed E-state index contributed by atoms with van der Waals surface area (Å²) in [4.78, 5) is 2.22. The van der Waals surface area contributed by atoms with E-state index in [1.165, 1.54) is 16.8 Å². The molecule has 4 heteroatoms. The highest BCUT2D eigenvalue weighted by Crippen LogP contribution is 2.30. The molecule has 18 heavy (non-hydrogen) atoms. The third-order valence-corrected chi connectivity index (χ3v) is 3.83. The maximum absolute atomic E-state index is 13.8. The van der Waals surface area contributed by atoms with Crippen LogP contribution in [0.4, 0.5) is 10.1 Å². The van der Waals surface area contributed by atoms with Gasteiger partial charge in [-0.15, -0.1) is 12.4 Å².